The molecule has 0 radical (unpaired) electrons. The van der Waals surface area contributed by atoms with Crippen LogP contribution in [0.2, 0.25) is 0 Å². The largest absolute Gasteiger partial charge is 0.389 e. The van der Waals surface area contributed by atoms with Crippen molar-refractivity contribution < 1.29 is 5.11 Å². The Balaban J connectivity index is 2.65. The first-order chi connectivity index (χ1) is 8.41. The Bertz CT molecular complexity index is 383. The van der Waals surface area contributed by atoms with E-state index in [1.54, 1.807) is 0 Å². The van der Waals surface area contributed by atoms with E-state index in [0.717, 1.165) is 12.8 Å². The third kappa shape index (κ3) is 3.82. The number of hydrogen-bond donors (Lipinski definition) is 2. The fourth-order valence-electron chi connectivity index (χ4n) is 1.99. The second kappa shape index (κ2) is 6.35. The van der Waals surface area contributed by atoms with Crippen LogP contribution in [0, 0.1) is 13.8 Å². The van der Waals surface area contributed by atoms with Gasteiger partial charge in [0, 0.05) is 12.6 Å². The number of rotatable bonds is 6. The molecule has 2 nitrogen and oxygen atoms in total. The fraction of sp³-hybridized carbons (Fsp3) is 0.625. The molecular weight excluding hydrogens is 222 g/mol. The van der Waals surface area contributed by atoms with Gasteiger partial charge < -0.3 is 10.4 Å². The molecule has 102 valence electrons. The molecule has 1 aromatic rings. The molecule has 1 aromatic carbocycles. The highest BCUT2D eigenvalue weighted by molar-refractivity contribution is 5.31. The van der Waals surface area contributed by atoms with Crippen molar-refractivity contribution in [1.82, 2.24) is 5.32 Å². The van der Waals surface area contributed by atoms with Gasteiger partial charge in [-0.2, -0.15) is 0 Å². The molecule has 18 heavy (non-hydrogen) atoms. The van der Waals surface area contributed by atoms with Crippen LogP contribution in [0.15, 0.2) is 18.2 Å². The van der Waals surface area contributed by atoms with Crippen molar-refractivity contribution in [3.8, 4) is 0 Å². The smallest absolute Gasteiger partial charge is 0.0766 e. The molecule has 0 saturated carbocycles. The number of aryl methyl sites for hydroxylation is 2. The van der Waals surface area contributed by atoms with Gasteiger partial charge in [0.2, 0.25) is 0 Å². The monoisotopic (exact) mass is 249 g/mol. The summed E-state index contributed by atoms with van der Waals surface area (Å²) >= 11 is 0. The van der Waals surface area contributed by atoms with E-state index in [1.807, 2.05) is 13.8 Å². The SMILES string of the molecule is CCC(O)(CC)CNC(C)c1ccc(C)c(C)c1. The molecule has 0 fully saturated rings. The van der Waals surface area contributed by atoms with E-state index in [0.29, 0.717) is 6.54 Å². The lowest BCUT2D eigenvalue weighted by Gasteiger charge is -2.28. The van der Waals surface area contributed by atoms with Crippen molar-refractivity contribution in [3.05, 3.63) is 34.9 Å². The first kappa shape index (κ1) is 15.2. The van der Waals surface area contributed by atoms with Crippen molar-refractivity contribution in [2.45, 2.75) is 59.1 Å². The molecule has 1 atom stereocenters. The Kier molecular flexibility index (Phi) is 5.36. The molecule has 1 rings (SSSR count). The lowest BCUT2D eigenvalue weighted by molar-refractivity contribution is 0.0303. The Morgan fingerprint density at radius 2 is 1.78 bits per heavy atom. The van der Waals surface area contributed by atoms with Gasteiger partial charge in [-0.1, -0.05) is 32.0 Å². The van der Waals surface area contributed by atoms with Crippen LogP contribution < -0.4 is 5.32 Å². The van der Waals surface area contributed by atoms with E-state index in [-0.39, 0.29) is 6.04 Å². The van der Waals surface area contributed by atoms with Crippen LogP contribution >= 0.6 is 0 Å². The maximum Gasteiger partial charge on any atom is 0.0766 e. The van der Waals surface area contributed by atoms with Crippen molar-refractivity contribution in [2.75, 3.05) is 6.54 Å². The summed E-state index contributed by atoms with van der Waals surface area (Å²) in [6, 6.07) is 6.82. The summed E-state index contributed by atoms with van der Waals surface area (Å²) in [7, 11) is 0. The molecule has 1 unspecified atom stereocenters. The fourth-order valence-corrected chi connectivity index (χ4v) is 1.99. The van der Waals surface area contributed by atoms with Gasteiger partial charge in [0.05, 0.1) is 5.60 Å². The number of benzene rings is 1. The van der Waals surface area contributed by atoms with E-state index in [4.69, 9.17) is 0 Å². The van der Waals surface area contributed by atoms with Gasteiger partial charge in [0.15, 0.2) is 0 Å². The van der Waals surface area contributed by atoms with Crippen LogP contribution in [0.4, 0.5) is 0 Å². The molecule has 0 aromatic heterocycles. The summed E-state index contributed by atoms with van der Waals surface area (Å²) in [4.78, 5) is 0. The van der Waals surface area contributed by atoms with Crippen LogP contribution in [0.25, 0.3) is 0 Å². The van der Waals surface area contributed by atoms with Crippen molar-refractivity contribution in [2.24, 2.45) is 0 Å². The lowest BCUT2D eigenvalue weighted by atomic mass is 9.96. The molecule has 0 heterocycles. The number of hydrogen-bond acceptors (Lipinski definition) is 2. The quantitative estimate of drug-likeness (QED) is 0.808. The van der Waals surface area contributed by atoms with Crippen LogP contribution in [0.1, 0.15) is 56.3 Å². The van der Waals surface area contributed by atoms with Gasteiger partial charge in [-0.05, 0) is 50.3 Å². The van der Waals surface area contributed by atoms with E-state index < -0.39 is 5.60 Å². The van der Waals surface area contributed by atoms with Crippen LogP contribution in [-0.2, 0) is 0 Å². The molecule has 0 spiro atoms. The zero-order valence-electron chi connectivity index (χ0n) is 12.4. The zero-order valence-corrected chi connectivity index (χ0v) is 12.4. The Morgan fingerprint density at radius 3 is 2.28 bits per heavy atom. The topological polar surface area (TPSA) is 32.3 Å². The normalized spacial score (nSPS) is 13.7. The highest BCUT2D eigenvalue weighted by Gasteiger charge is 2.22. The lowest BCUT2D eigenvalue weighted by Crippen LogP contribution is -2.40. The molecule has 0 amide bonds. The van der Waals surface area contributed by atoms with Crippen LogP contribution in [0.5, 0.6) is 0 Å². The summed E-state index contributed by atoms with van der Waals surface area (Å²) < 4.78 is 0. The second-order valence-electron chi connectivity index (χ2n) is 5.38. The van der Waals surface area contributed by atoms with Gasteiger partial charge in [-0.25, -0.2) is 0 Å². The molecular formula is C16H27NO. The van der Waals surface area contributed by atoms with Gasteiger partial charge >= 0.3 is 0 Å². The summed E-state index contributed by atoms with van der Waals surface area (Å²) in [6.07, 6.45) is 1.58. The average Bonchev–Trinajstić information content (AvgIpc) is 2.38. The minimum Gasteiger partial charge on any atom is -0.389 e. The van der Waals surface area contributed by atoms with Gasteiger partial charge in [0.1, 0.15) is 0 Å². The number of nitrogens with one attached hydrogen (secondary N) is 1. The minimum atomic E-state index is -0.575. The highest BCUT2D eigenvalue weighted by Crippen LogP contribution is 2.19. The maximum absolute atomic E-state index is 10.3. The molecule has 2 N–H and O–H groups in total. The summed E-state index contributed by atoms with van der Waals surface area (Å²) in [6.45, 7) is 11.1. The molecule has 0 bridgehead atoms. The predicted molar refractivity (Wildman–Crippen MR) is 77.9 cm³/mol. The van der Waals surface area contributed by atoms with E-state index in [2.05, 4.69) is 44.3 Å². The van der Waals surface area contributed by atoms with Crippen molar-refractivity contribution in [1.29, 1.82) is 0 Å². The van der Waals surface area contributed by atoms with Gasteiger partial charge in [-0.3, -0.25) is 0 Å². The van der Waals surface area contributed by atoms with Crippen molar-refractivity contribution >= 4 is 0 Å². The van der Waals surface area contributed by atoms with E-state index >= 15 is 0 Å². The number of aliphatic hydroxyl groups is 1. The van der Waals surface area contributed by atoms with Crippen LogP contribution in [-0.4, -0.2) is 17.3 Å². The zero-order chi connectivity index (χ0) is 13.8. The highest BCUT2D eigenvalue weighted by atomic mass is 16.3. The summed E-state index contributed by atoms with van der Waals surface area (Å²) in [5.41, 5.74) is 3.35. The third-order valence-corrected chi connectivity index (χ3v) is 4.08. The average molecular weight is 249 g/mol. The van der Waals surface area contributed by atoms with E-state index in [9.17, 15) is 5.11 Å². The third-order valence-electron chi connectivity index (χ3n) is 4.08. The molecule has 0 aliphatic rings. The Labute approximate surface area is 111 Å². The summed E-state index contributed by atoms with van der Waals surface area (Å²) in [5.74, 6) is 0. The van der Waals surface area contributed by atoms with Crippen LogP contribution in [0.3, 0.4) is 0 Å². The van der Waals surface area contributed by atoms with Crippen molar-refractivity contribution in [3.63, 3.8) is 0 Å². The van der Waals surface area contributed by atoms with Gasteiger partial charge in [-0.15, -0.1) is 0 Å². The molecule has 2 heteroatoms. The molecule has 0 aliphatic carbocycles. The predicted octanol–water partition coefficient (Wildman–Crippen LogP) is 3.51. The summed E-state index contributed by atoms with van der Waals surface area (Å²) in [5, 5.41) is 13.7. The molecule has 0 aliphatic heterocycles. The minimum absolute atomic E-state index is 0.272. The Hall–Kier alpha value is -0.860. The first-order valence-corrected chi connectivity index (χ1v) is 6.94. The standard InChI is InChI=1S/C16H27NO/c1-6-16(18,7-2)11-17-14(5)15-9-8-12(3)13(4)10-15/h8-10,14,17-18H,6-7,11H2,1-5H3. The molecule has 0 saturated heterocycles. The first-order valence-electron chi connectivity index (χ1n) is 6.94. The Morgan fingerprint density at radius 1 is 1.17 bits per heavy atom. The van der Waals surface area contributed by atoms with Gasteiger partial charge in [0.25, 0.3) is 0 Å². The van der Waals surface area contributed by atoms with E-state index in [1.165, 1.54) is 16.7 Å². The maximum atomic E-state index is 10.3. The second-order valence-corrected chi connectivity index (χ2v) is 5.38.